The van der Waals surface area contributed by atoms with Crippen LogP contribution in [0.1, 0.15) is 47.8 Å². The minimum absolute atomic E-state index is 0.202. The predicted octanol–water partition coefficient (Wildman–Crippen LogP) is 3.96. The number of aryl methyl sites for hydroxylation is 1. The van der Waals surface area contributed by atoms with Gasteiger partial charge in [0, 0.05) is 12.1 Å². The van der Waals surface area contributed by atoms with Crippen molar-refractivity contribution in [2.24, 2.45) is 0 Å². The quantitative estimate of drug-likeness (QED) is 0.865. The number of nitrogens with zero attached hydrogens (tertiary/aromatic N) is 2. The maximum absolute atomic E-state index is 12.2. The third kappa shape index (κ3) is 4.71. The average Bonchev–Trinajstić information content (AvgIpc) is 2.81. The molecule has 0 radical (unpaired) electrons. The lowest BCUT2D eigenvalue weighted by molar-refractivity contribution is -0.117. The largest absolute Gasteiger partial charge is 0.444 e. The van der Waals surface area contributed by atoms with E-state index in [1.54, 1.807) is 13.8 Å². The van der Waals surface area contributed by atoms with Crippen molar-refractivity contribution in [3.05, 3.63) is 52.3 Å². The van der Waals surface area contributed by atoms with E-state index in [4.69, 9.17) is 4.42 Å². The topological polar surface area (TPSA) is 69.3 Å². The van der Waals surface area contributed by atoms with Crippen molar-refractivity contribution < 1.29 is 9.21 Å². The summed E-state index contributed by atoms with van der Waals surface area (Å²) in [4.78, 5) is 14.1. The summed E-state index contributed by atoms with van der Waals surface area (Å²) in [5.41, 5.74) is 3.60. The summed E-state index contributed by atoms with van der Waals surface area (Å²) in [6.45, 7) is 8.81. The zero-order valence-electron chi connectivity index (χ0n) is 15.5. The highest BCUT2D eigenvalue weighted by Gasteiger charge is 2.17. The fourth-order valence-corrected chi connectivity index (χ4v) is 2.64. The highest BCUT2D eigenvalue weighted by molar-refractivity contribution is 5.92. The number of nitriles is 1. The van der Waals surface area contributed by atoms with Gasteiger partial charge in [0.25, 0.3) is 0 Å². The normalized spacial score (nSPS) is 11.0. The van der Waals surface area contributed by atoms with Gasteiger partial charge in [-0.1, -0.05) is 38.1 Å². The number of nitrogens with one attached hydrogen (secondary N) is 1. The van der Waals surface area contributed by atoms with Gasteiger partial charge in [-0.15, -0.1) is 0 Å². The highest BCUT2D eigenvalue weighted by atomic mass is 16.4. The van der Waals surface area contributed by atoms with Crippen LogP contribution in [0.3, 0.4) is 0 Å². The van der Waals surface area contributed by atoms with Crippen LogP contribution in [0.25, 0.3) is 0 Å². The molecule has 0 atom stereocenters. The zero-order chi connectivity index (χ0) is 18.6. The Morgan fingerprint density at radius 3 is 2.48 bits per heavy atom. The molecule has 25 heavy (non-hydrogen) atoms. The smallest absolute Gasteiger partial charge is 0.240 e. The molecular weight excluding hydrogens is 314 g/mol. The molecule has 132 valence electrons. The van der Waals surface area contributed by atoms with Crippen molar-refractivity contribution in [3.8, 4) is 6.07 Å². The number of hydrogen-bond donors (Lipinski definition) is 1. The standard InChI is InChI=1S/C20H25N3O2/c1-13(2)17-8-6-16(7-9-17)11-23(5)12-19(24)22-20-18(10-21)14(3)15(4)25-20/h6-9,13H,11-12H2,1-5H3,(H,22,24). The predicted molar refractivity (Wildman–Crippen MR) is 98.4 cm³/mol. The second-order valence-electron chi connectivity index (χ2n) is 6.72. The van der Waals surface area contributed by atoms with Crippen LogP contribution in [-0.2, 0) is 11.3 Å². The first-order chi connectivity index (χ1) is 11.8. The lowest BCUT2D eigenvalue weighted by atomic mass is 10.0. The number of rotatable bonds is 6. The van der Waals surface area contributed by atoms with Crippen molar-refractivity contribution in [3.63, 3.8) is 0 Å². The van der Waals surface area contributed by atoms with Crippen LogP contribution >= 0.6 is 0 Å². The summed E-state index contributed by atoms with van der Waals surface area (Å²) in [6.07, 6.45) is 0. The number of amides is 1. The molecule has 1 heterocycles. The number of furan rings is 1. The van der Waals surface area contributed by atoms with Crippen molar-refractivity contribution in [2.45, 2.75) is 40.2 Å². The first-order valence-corrected chi connectivity index (χ1v) is 8.39. The first-order valence-electron chi connectivity index (χ1n) is 8.39. The van der Waals surface area contributed by atoms with Gasteiger partial charge in [0.2, 0.25) is 11.8 Å². The minimum atomic E-state index is -0.202. The lowest BCUT2D eigenvalue weighted by Crippen LogP contribution is -2.29. The highest BCUT2D eigenvalue weighted by Crippen LogP contribution is 2.25. The molecule has 5 heteroatoms. The molecule has 1 aromatic heterocycles. The molecule has 1 amide bonds. The fraction of sp³-hybridized carbons (Fsp3) is 0.400. The Bertz CT molecular complexity index is 783. The fourth-order valence-electron chi connectivity index (χ4n) is 2.64. The third-order valence-electron chi connectivity index (χ3n) is 4.26. The number of hydrogen-bond acceptors (Lipinski definition) is 4. The molecule has 5 nitrogen and oxygen atoms in total. The van der Waals surface area contributed by atoms with Crippen LogP contribution in [0, 0.1) is 25.2 Å². The molecule has 0 unspecified atom stereocenters. The molecule has 0 saturated carbocycles. The Morgan fingerprint density at radius 2 is 1.92 bits per heavy atom. The van der Waals surface area contributed by atoms with Crippen LogP contribution in [0.4, 0.5) is 5.88 Å². The van der Waals surface area contributed by atoms with E-state index in [-0.39, 0.29) is 18.3 Å². The van der Waals surface area contributed by atoms with Gasteiger partial charge in [-0.3, -0.25) is 15.0 Å². The Hall–Kier alpha value is -2.58. The molecular formula is C20H25N3O2. The Kier molecular flexibility index (Phi) is 6.00. The molecule has 1 aromatic carbocycles. The second-order valence-corrected chi connectivity index (χ2v) is 6.72. The molecule has 0 bridgehead atoms. The zero-order valence-corrected chi connectivity index (χ0v) is 15.5. The van der Waals surface area contributed by atoms with E-state index in [1.165, 1.54) is 5.56 Å². The molecule has 0 aliphatic rings. The number of anilines is 1. The number of likely N-dealkylation sites (N-methyl/N-ethyl adjacent to an activating group) is 1. The monoisotopic (exact) mass is 339 g/mol. The Labute approximate surface area is 149 Å². The maximum Gasteiger partial charge on any atom is 0.240 e. The van der Waals surface area contributed by atoms with Crippen LogP contribution in [-0.4, -0.2) is 24.4 Å². The molecule has 0 saturated heterocycles. The summed E-state index contributed by atoms with van der Waals surface area (Å²) in [7, 11) is 1.89. The van der Waals surface area contributed by atoms with Crippen molar-refractivity contribution in [1.29, 1.82) is 5.26 Å². The van der Waals surface area contributed by atoms with E-state index >= 15 is 0 Å². The van der Waals surface area contributed by atoms with Crippen LogP contribution in [0.5, 0.6) is 0 Å². The van der Waals surface area contributed by atoms with Gasteiger partial charge in [-0.05, 0) is 37.9 Å². The Balaban J connectivity index is 1.94. The first kappa shape index (κ1) is 18.8. The second kappa shape index (κ2) is 8.00. The molecule has 0 aliphatic carbocycles. The van der Waals surface area contributed by atoms with Gasteiger partial charge < -0.3 is 4.42 Å². The van der Waals surface area contributed by atoms with Crippen molar-refractivity contribution in [2.75, 3.05) is 18.9 Å². The summed E-state index contributed by atoms with van der Waals surface area (Å²) >= 11 is 0. The number of benzene rings is 1. The molecule has 0 spiro atoms. The van der Waals surface area contributed by atoms with Gasteiger partial charge in [0.05, 0.1) is 6.54 Å². The molecule has 2 rings (SSSR count). The summed E-state index contributed by atoms with van der Waals surface area (Å²) < 4.78 is 5.47. The van der Waals surface area contributed by atoms with Crippen LogP contribution < -0.4 is 5.32 Å². The molecule has 0 aliphatic heterocycles. The Morgan fingerprint density at radius 1 is 1.28 bits per heavy atom. The summed E-state index contributed by atoms with van der Waals surface area (Å²) in [5, 5.41) is 11.9. The van der Waals surface area contributed by atoms with Gasteiger partial charge >= 0.3 is 0 Å². The van der Waals surface area contributed by atoms with E-state index in [2.05, 4.69) is 49.5 Å². The van der Waals surface area contributed by atoms with Crippen LogP contribution in [0.15, 0.2) is 28.7 Å². The SMILES string of the molecule is Cc1oc(NC(=O)CN(C)Cc2ccc(C(C)C)cc2)c(C#N)c1C. The number of carbonyl (C=O) groups is 1. The number of carbonyl (C=O) groups excluding carboxylic acids is 1. The van der Waals surface area contributed by atoms with Gasteiger partial charge in [0.15, 0.2) is 0 Å². The van der Waals surface area contributed by atoms with Gasteiger partial charge in [0.1, 0.15) is 17.4 Å². The van der Waals surface area contributed by atoms with Crippen molar-refractivity contribution >= 4 is 11.8 Å². The minimum Gasteiger partial charge on any atom is -0.444 e. The van der Waals surface area contributed by atoms with E-state index in [0.717, 1.165) is 11.1 Å². The summed E-state index contributed by atoms with van der Waals surface area (Å²) in [5.74, 6) is 1.18. The molecule has 2 aromatic rings. The van der Waals surface area contributed by atoms with E-state index in [0.29, 0.717) is 23.8 Å². The van der Waals surface area contributed by atoms with Crippen molar-refractivity contribution in [1.82, 2.24) is 4.90 Å². The lowest BCUT2D eigenvalue weighted by Gasteiger charge is -2.16. The third-order valence-corrected chi connectivity index (χ3v) is 4.26. The average molecular weight is 339 g/mol. The molecule has 1 N–H and O–H groups in total. The maximum atomic E-state index is 12.2. The van der Waals surface area contributed by atoms with Gasteiger partial charge in [-0.25, -0.2) is 0 Å². The van der Waals surface area contributed by atoms with E-state index in [1.807, 2.05) is 11.9 Å². The van der Waals surface area contributed by atoms with E-state index < -0.39 is 0 Å². The molecule has 0 fully saturated rings. The van der Waals surface area contributed by atoms with E-state index in [9.17, 15) is 10.1 Å². The van der Waals surface area contributed by atoms with Gasteiger partial charge in [-0.2, -0.15) is 5.26 Å². The van der Waals surface area contributed by atoms with Crippen LogP contribution in [0.2, 0.25) is 0 Å². The summed E-state index contributed by atoms with van der Waals surface area (Å²) in [6, 6.07) is 10.5.